The minimum atomic E-state index is -3.52. The minimum Gasteiger partial charge on any atom is -0.490 e. The number of nitrogens with zero attached hydrogens (tertiary/aromatic N) is 1. The Morgan fingerprint density at radius 1 is 1.05 bits per heavy atom. The van der Waals surface area contributed by atoms with Crippen molar-refractivity contribution in [2.45, 2.75) is 94.5 Å². The number of para-hydroxylation sites is 1. The van der Waals surface area contributed by atoms with E-state index >= 15 is 0 Å². The molecule has 2 fully saturated rings. The fourth-order valence-corrected chi connectivity index (χ4v) is 6.63. The predicted octanol–water partition coefficient (Wildman–Crippen LogP) is 7.62. The average molecular weight is 641 g/mol. The van der Waals surface area contributed by atoms with Crippen molar-refractivity contribution < 1.29 is 27.4 Å². The molecule has 0 aliphatic heterocycles. The first-order valence-electron chi connectivity index (χ1n) is 15.3. The molecule has 10 heteroatoms. The van der Waals surface area contributed by atoms with Gasteiger partial charge in [-0.15, -0.1) is 0 Å². The highest BCUT2D eigenvalue weighted by molar-refractivity contribution is 7.91. The summed E-state index contributed by atoms with van der Waals surface area (Å²) in [4.78, 5) is 16.4. The minimum absolute atomic E-state index is 0.00663. The topological polar surface area (TPSA) is 104 Å². The lowest BCUT2D eigenvalue weighted by Gasteiger charge is -2.22. The summed E-state index contributed by atoms with van der Waals surface area (Å²) in [5.41, 5.74) is 2.58. The van der Waals surface area contributed by atoms with Crippen LogP contribution in [0.1, 0.15) is 76.8 Å². The molecule has 1 heterocycles. The third kappa shape index (κ3) is 8.52. The summed E-state index contributed by atoms with van der Waals surface area (Å²) in [5.74, 6) is 0.866. The first-order valence-corrected chi connectivity index (χ1v) is 17.3. The molecule has 1 N–H and O–H groups in total. The van der Waals surface area contributed by atoms with E-state index in [1.165, 1.54) is 0 Å². The molecule has 5 rings (SSSR count). The van der Waals surface area contributed by atoms with E-state index in [1.54, 1.807) is 45.2 Å². The molecule has 0 atom stereocenters. The van der Waals surface area contributed by atoms with Crippen LogP contribution in [0.5, 0.6) is 5.75 Å². The molecule has 1 amide bonds. The quantitative estimate of drug-likeness (QED) is 0.181. The van der Waals surface area contributed by atoms with Crippen LogP contribution < -0.4 is 10.1 Å². The number of rotatable bonds is 14. The van der Waals surface area contributed by atoms with Crippen molar-refractivity contribution in [1.29, 1.82) is 0 Å². The van der Waals surface area contributed by atoms with Crippen LogP contribution >= 0.6 is 11.6 Å². The van der Waals surface area contributed by atoms with Gasteiger partial charge in [-0.3, -0.25) is 4.98 Å². The summed E-state index contributed by atoms with van der Waals surface area (Å²) < 4.78 is 44.2. The number of benzene rings is 2. The number of carbonyl (C=O) groups excluding carboxylic acids is 1. The van der Waals surface area contributed by atoms with Gasteiger partial charge in [0, 0.05) is 35.1 Å². The second-order valence-corrected chi connectivity index (χ2v) is 15.1. The SMILES string of the molecule is CC(C)(C)OC(=O)NCCCCCS(=O)(=O)c1ccc(Cl)c(COC2(c3cnccc3-c3ccccc3OC3CC3)CC2)c1. The average Bonchev–Trinajstić information content (AvgIpc) is 3.91. The summed E-state index contributed by atoms with van der Waals surface area (Å²) in [6, 6.07) is 14.9. The molecule has 2 aliphatic carbocycles. The molecule has 3 aromatic rings. The Kier molecular flexibility index (Phi) is 9.87. The number of amides is 1. The standard InChI is InChI=1S/C34H41ClN2O6S/c1-33(2,3)43-32(38)37-18-7-4-8-20-44(39,40)26-13-14-30(35)24(21-26)23-41-34(16-17-34)29-22-36-19-15-27(29)28-9-5-6-10-31(28)42-25-11-12-25/h5-6,9-10,13-15,19,21-22,25H,4,7-8,11-12,16-18,20,23H2,1-3H3,(H,37,38). The summed E-state index contributed by atoms with van der Waals surface area (Å²) in [6.45, 7) is 6.01. The maximum absolute atomic E-state index is 13.1. The van der Waals surface area contributed by atoms with Crippen molar-refractivity contribution in [3.8, 4) is 16.9 Å². The van der Waals surface area contributed by atoms with Crippen molar-refractivity contribution in [2.75, 3.05) is 12.3 Å². The Morgan fingerprint density at radius 2 is 1.82 bits per heavy atom. The van der Waals surface area contributed by atoms with Gasteiger partial charge in [0.1, 0.15) is 11.4 Å². The fourth-order valence-electron chi connectivity index (χ4n) is 5.04. The van der Waals surface area contributed by atoms with Gasteiger partial charge < -0.3 is 19.5 Å². The van der Waals surface area contributed by atoms with Crippen molar-refractivity contribution in [1.82, 2.24) is 10.3 Å². The summed E-state index contributed by atoms with van der Waals surface area (Å²) in [5, 5.41) is 3.16. The van der Waals surface area contributed by atoms with Crippen molar-refractivity contribution >= 4 is 27.5 Å². The highest BCUT2D eigenvalue weighted by atomic mass is 35.5. The third-order valence-electron chi connectivity index (χ3n) is 7.65. The van der Waals surface area contributed by atoms with Crippen molar-refractivity contribution in [2.24, 2.45) is 0 Å². The largest absolute Gasteiger partial charge is 0.490 e. The van der Waals surface area contributed by atoms with Gasteiger partial charge in [0.2, 0.25) is 0 Å². The number of hydrogen-bond acceptors (Lipinski definition) is 7. The number of ether oxygens (including phenoxy) is 3. The van der Waals surface area contributed by atoms with E-state index in [0.717, 1.165) is 48.1 Å². The van der Waals surface area contributed by atoms with E-state index in [2.05, 4.69) is 16.4 Å². The molecule has 236 valence electrons. The van der Waals surface area contributed by atoms with Crippen LogP contribution in [0.4, 0.5) is 4.79 Å². The van der Waals surface area contributed by atoms with Gasteiger partial charge in [0.05, 0.1) is 29.0 Å². The van der Waals surface area contributed by atoms with Gasteiger partial charge >= 0.3 is 6.09 Å². The highest BCUT2D eigenvalue weighted by Gasteiger charge is 2.48. The van der Waals surface area contributed by atoms with Crippen molar-refractivity contribution in [3.63, 3.8) is 0 Å². The van der Waals surface area contributed by atoms with E-state index < -0.39 is 27.1 Å². The molecule has 0 unspecified atom stereocenters. The number of pyridine rings is 1. The van der Waals surface area contributed by atoms with Gasteiger partial charge in [0.15, 0.2) is 9.84 Å². The second-order valence-electron chi connectivity index (χ2n) is 12.6. The second kappa shape index (κ2) is 13.5. The number of sulfone groups is 1. The first kappa shape index (κ1) is 32.3. The summed E-state index contributed by atoms with van der Waals surface area (Å²) in [7, 11) is -3.52. The number of nitrogens with one attached hydrogen (secondary N) is 1. The molecule has 0 bridgehead atoms. The van der Waals surface area contributed by atoms with Crippen LogP contribution in [0.3, 0.4) is 0 Å². The maximum Gasteiger partial charge on any atom is 0.407 e. The Morgan fingerprint density at radius 3 is 2.55 bits per heavy atom. The lowest BCUT2D eigenvalue weighted by Crippen LogP contribution is -2.33. The number of unbranched alkanes of at least 4 members (excludes halogenated alkanes) is 2. The zero-order valence-corrected chi connectivity index (χ0v) is 27.2. The van der Waals surface area contributed by atoms with Gasteiger partial charge in [-0.1, -0.05) is 36.2 Å². The molecular weight excluding hydrogens is 600 g/mol. The van der Waals surface area contributed by atoms with Crippen LogP contribution in [0, 0.1) is 0 Å². The lowest BCUT2D eigenvalue weighted by molar-refractivity contribution is 0.0173. The Labute approximate surface area is 265 Å². The van der Waals surface area contributed by atoms with E-state index in [-0.39, 0.29) is 23.4 Å². The molecule has 44 heavy (non-hydrogen) atoms. The smallest absolute Gasteiger partial charge is 0.407 e. The molecule has 8 nitrogen and oxygen atoms in total. The van der Waals surface area contributed by atoms with Crippen LogP contribution in [-0.4, -0.2) is 43.5 Å². The van der Waals surface area contributed by atoms with Crippen LogP contribution in [-0.2, 0) is 31.5 Å². The Balaban J connectivity index is 1.20. The molecule has 0 spiro atoms. The Hall–Kier alpha value is -3.14. The number of hydrogen-bond donors (Lipinski definition) is 1. The van der Waals surface area contributed by atoms with Gasteiger partial charge in [-0.05, 0) is 101 Å². The number of halogens is 1. The molecule has 2 saturated carbocycles. The predicted molar refractivity (Wildman–Crippen MR) is 171 cm³/mol. The Bertz CT molecular complexity index is 1580. The van der Waals surface area contributed by atoms with Crippen LogP contribution in [0.2, 0.25) is 5.02 Å². The van der Waals surface area contributed by atoms with E-state index in [1.807, 2.05) is 30.5 Å². The van der Waals surface area contributed by atoms with Crippen molar-refractivity contribution in [3.05, 3.63) is 77.1 Å². The summed E-state index contributed by atoms with van der Waals surface area (Å²) >= 11 is 6.52. The number of aromatic nitrogens is 1. The highest BCUT2D eigenvalue weighted by Crippen LogP contribution is 2.53. The van der Waals surface area contributed by atoms with Gasteiger partial charge in [-0.25, -0.2) is 13.2 Å². The van der Waals surface area contributed by atoms with E-state index in [4.69, 9.17) is 25.8 Å². The molecule has 1 aromatic heterocycles. The first-order chi connectivity index (χ1) is 21.0. The van der Waals surface area contributed by atoms with Gasteiger partial charge in [-0.2, -0.15) is 0 Å². The fraction of sp³-hybridized carbons (Fsp3) is 0.471. The number of alkyl carbamates (subject to hydrolysis) is 1. The third-order valence-corrected chi connectivity index (χ3v) is 9.82. The molecule has 2 aliphatic rings. The zero-order chi connectivity index (χ0) is 31.4. The summed E-state index contributed by atoms with van der Waals surface area (Å²) in [6.07, 6.45) is 9.05. The molecule has 0 radical (unpaired) electrons. The lowest BCUT2D eigenvalue weighted by atomic mass is 9.96. The number of carbonyl (C=O) groups is 1. The maximum atomic E-state index is 13.1. The van der Waals surface area contributed by atoms with Crippen LogP contribution in [0.25, 0.3) is 11.1 Å². The molecular formula is C34H41ClN2O6S. The zero-order valence-electron chi connectivity index (χ0n) is 25.6. The monoisotopic (exact) mass is 640 g/mol. The van der Waals surface area contributed by atoms with Crippen LogP contribution in [0.15, 0.2) is 65.8 Å². The molecule has 0 saturated heterocycles. The normalized spacial score (nSPS) is 15.9. The van der Waals surface area contributed by atoms with E-state index in [9.17, 15) is 13.2 Å². The van der Waals surface area contributed by atoms with Gasteiger partial charge in [0.25, 0.3) is 0 Å². The van der Waals surface area contributed by atoms with E-state index in [0.29, 0.717) is 36.4 Å². The molecule has 2 aromatic carbocycles.